The maximum Gasteiger partial charge on any atom is 0.250 e. The molecule has 1 aromatic rings. The molecule has 17 heavy (non-hydrogen) atoms. The molecule has 6 heteroatoms. The zero-order chi connectivity index (χ0) is 12.6. The number of aromatic nitrogens is 2. The number of hydrogen-bond acceptors (Lipinski definition) is 3. The second-order valence-corrected chi connectivity index (χ2v) is 4.23. The molecule has 2 heterocycles. The molecule has 1 atom stereocenters. The number of anilines is 1. The van der Waals surface area contributed by atoms with Gasteiger partial charge in [0.25, 0.3) is 0 Å². The normalized spacial score (nSPS) is 20.6. The third-order valence-electron chi connectivity index (χ3n) is 2.89. The van der Waals surface area contributed by atoms with E-state index >= 15 is 0 Å². The molecule has 2 rings (SSSR count). The predicted molar refractivity (Wildman–Crippen MR) is 62.5 cm³/mol. The summed E-state index contributed by atoms with van der Waals surface area (Å²) in [7, 11) is 1.79. The molecule has 0 radical (unpaired) electrons. The minimum absolute atomic E-state index is 0.0665. The number of aryl methyl sites for hydroxylation is 2. The van der Waals surface area contributed by atoms with Crippen molar-refractivity contribution in [2.24, 2.45) is 7.05 Å². The quantitative estimate of drug-likeness (QED) is 0.784. The van der Waals surface area contributed by atoms with Crippen molar-refractivity contribution in [2.75, 3.05) is 11.4 Å². The standard InChI is InChI=1S/C11H16N4O2/c1-4-8-11(17)15(6-10(16)12-8)9-5-14(3)13-7(9)2/h5,8H,4,6H2,1-3H3,(H,12,16). The summed E-state index contributed by atoms with van der Waals surface area (Å²) < 4.78 is 1.64. The van der Waals surface area contributed by atoms with Crippen molar-refractivity contribution < 1.29 is 9.59 Å². The molecule has 1 unspecified atom stereocenters. The van der Waals surface area contributed by atoms with Gasteiger partial charge in [0, 0.05) is 13.2 Å². The summed E-state index contributed by atoms with van der Waals surface area (Å²) in [6, 6.07) is -0.421. The van der Waals surface area contributed by atoms with Crippen LogP contribution in [0, 0.1) is 6.92 Å². The van der Waals surface area contributed by atoms with Crippen LogP contribution in [-0.2, 0) is 16.6 Å². The van der Waals surface area contributed by atoms with Crippen LogP contribution in [0.4, 0.5) is 5.69 Å². The first-order valence-corrected chi connectivity index (χ1v) is 5.64. The predicted octanol–water partition coefficient (Wildman–Crippen LogP) is -0.0301. The molecule has 0 aliphatic carbocycles. The highest BCUT2D eigenvalue weighted by molar-refractivity contribution is 6.06. The lowest BCUT2D eigenvalue weighted by Crippen LogP contribution is -2.58. The molecule has 1 fully saturated rings. The summed E-state index contributed by atoms with van der Waals surface area (Å²) >= 11 is 0. The molecule has 0 aromatic carbocycles. The highest BCUT2D eigenvalue weighted by Crippen LogP contribution is 2.21. The van der Waals surface area contributed by atoms with Gasteiger partial charge in [0.1, 0.15) is 12.6 Å². The van der Waals surface area contributed by atoms with Crippen molar-refractivity contribution in [1.82, 2.24) is 15.1 Å². The molecule has 0 spiro atoms. The van der Waals surface area contributed by atoms with E-state index in [0.717, 1.165) is 5.69 Å². The molecular formula is C11H16N4O2. The van der Waals surface area contributed by atoms with Gasteiger partial charge < -0.3 is 5.32 Å². The first-order chi connectivity index (χ1) is 8.02. The van der Waals surface area contributed by atoms with Crippen LogP contribution in [0.25, 0.3) is 0 Å². The first kappa shape index (κ1) is 11.6. The largest absolute Gasteiger partial charge is 0.343 e. The highest BCUT2D eigenvalue weighted by atomic mass is 16.2. The lowest BCUT2D eigenvalue weighted by atomic mass is 10.1. The van der Waals surface area contributed by atoms with E-state index in [9.17, 15) is 9.59 Å². The van der Waals surface area contributed by atoms with Gasteiger partial charge >= 0.3 is 0 Å². The minimum Gasteiger partial charge on any atom is -0.343 e. The van der Waals surface area contributed by atoms with Crippen molar-refractivity contribution >= 4 is 17.5 Å². The van der Waals surface area contributed by atoms with E-state index < -0.39 is 6.04 Å². The first-order valence-electron chi connectivity index (χ1n) is 5.64. The summed E-state index contributed by atoms with van der Waals surface area (Å²) in [4.78, 5) is 25.2. The van der Waals surface area contributed by atoms with Crippen molar-refractivity contribution in [1.29, 1.82) is 0 Å². The summed E-state index contributed by atoms with van der Waals surface area (Å²) in [5.41, 5.74) is 1.47. The fourth-order valence-electron chi connectivity index (χ4n) is 2.04. The maximum atomic E-state index is 12.1. The zero-order valence-electron chi connectivity index (χ0n) is 10.2. The molecule has 1 N–H and O–H groups in total. The number of rotatable bonds is 2. The van der Waals surface area contributed by atoms with Gasteiger partial charge in [-0.25, -0.2) is 0 Å². The Morgan fingerprint density at radius 3 is 2.76 bits per heavy atom. The van der Waals surface area contributed by atoms with Crippen LogP contribution in [0.15, 0.2) is 6.20 Å². The van der Waals surface area contributed by atoms with E-state index in [1.54, 1.807) is 17.9 Å². The Kier molecular flexibility index (Phi) is 2.87. The van der Waals surface area contributed by atoms with Gasteiger partial charge in [0.2, 0.25) is 11.8 Å². The van der Waals surface area contributed by atoms with Crippen LogP contribution in [0.1, 0.15) is 19.0 Å². The molecule has 1 saturated heterocycles. The number of amides is 2. The van der Waals surface area contributed by atoms with Crippen LogP contribution in [-0.4, -0.2) is 34.2 Å². The van der Waals surface area contributed by atoms with Crippen molar-refractivity contribution in [3.63, 3.8) is 0 Å². The minimum atomic E-state index is -0.421. The summed E-state index contributed by atoms with van der Waals surface area (Å²) in [5, 5.41) is 6.87. The van der Waals surface area contributed by atoms with Crippen LogP contribution < -0.4 is 10.2 Å². The third kappa shape index (κ3) is 2.02. The summed E-state index contributed by atoms with van der Waals surface area (Å²) in [6.07, 6.45) is 2.36. The number of nitrogens with zero attached hydrogens (tertiary/aromatic N) is 3. The maximum absolute atomic E-state index is 12.1. The van der Waals surface area contributed by atoms with Crippen LogP contribution in [0.2, 0.25) is 0 Å². The van der Waals surface area contributed by atoms with Crippen molar-refractivity contribution in [3.05, 3.63) is 11.9 Å². The Morgan fingerprint density at radius 1 is 1.53 bits per heavy atom. The van der Waals surface area contributed by atoms with E-state index in [4.69, 9.17) is 0 Å². The van der Waals surface area contributed by atoms with Crippen LogP contribution in [0.3, 0.4) is 0 Å². The van der Waals surface area contributed by atoms with E-state index in [2.05, 4.69) is 10.4 Å². The second kappa shape index (κ2) is 4.20. The number of hydrogen-bond donors (Lipinski definition) is 1. The Hall–Kier alpha value is -1.85. The topological polar surface area (TPSA) is 67.2 Å². The van der Waals surface area contributed by atoms with Gasteiger partial charge in [-0.05, 0) is 13.3 Å². The van der Waals surface area contributed by atoms with Gasteiger partial charge in [0.15, 0.2) is 0 Å². The van der Waals surface area contributed by atoms with E-state index in [0.29, 0.717) is 12.1 Å². The van der Waals surface area contributed by atoms with Crippen LogP contribution in [0.5, 0.6) is 0 Å². The molecule has 1 aliphatic heterocycles. The highest BCUT2D eigenvalue weighted by Gasteiger charge is 2.33. The molecule has 1 aromatic heterocycles. The van der Waals surface area contributed by atoms with Crippen molar-refractivity contribution in [2.45, 2.75) is 26.3 Å². The van der Waals surface area contributed by atoms with Gasteiger partial charge in [-0.1, -0.05) is 6.92 Å². The van der Waals surface area contributed by atoms with Gasteiger partial charge in [-0.15, -0.1) is 0 Å². The van der Waals surface area contributed by atoms with Gasteiger partial charge in [-0.2, -0.15) is 5.10 Å². The van der Waals surface area contributed by atoms with Gasteiger partial charge in [-0.3, -0.25) is 19.2 Å². The molecular weight excluding hydrogens is 220 g/mol. The molecule has 0 saturated carbocycles. The molecule has 2 amide bonds. The Morgan fingerprint density at radius 2 is 2.24 bits per heavy atom. The SMILES string of the molecule is CCC1NC(=O)CN(c2cn(C)nc2C)C1=O. The summed E-state index contributed by atoms with van der Waals surface area (Å²) in [6.45, 7) is 3.78. The number of nitrogens with one attached hydrogen (secondary N) is 1. The molecule has 92 valence electrons. The molecule has 6 nitrogen and oxygen atoms in total. The lowest BCUT2D eigenvalue weighted by molar-refractivity contribution is -0.131. The van der Waals surface area contributed by atoms with Crippen LogP contribution >= 0.6 is 0 Å². The van der Waals surface area contributed by atoms with E-state index in [-0.39, 0.29) is 18.4 Å². The average Bonchev–Trinajstić information content (AvgIpc) is 2.60. The lowest BCUT2D eigenvalue weighted by Gasteiger charge is -2.31. The molecule has 1 aliphatic rings. The fraction of sp³-hybridized carbons (Fsp3) is 0.545. The second-order valence-electron chi connectivity index (χ2n) is 4.23. The van der Waals surface area contributed by atoms with E-state index in [1.165, 1.54) is 4.90 Å². The summed E-state index contributed by atoms with van der Waals surface area (Å²) in [5.74, 6) is -0.192. The van der Waals surface area contributed by atoms with Gasteiger partial charge in [0.05, 0.1) is 11.4 Å². The monoisotopic (exact) mass is 236 g/mol. The Labute approximate surface area is 99.6 Å². The number of carbonyl (C=O) groups is 2. The smallest absolute Gasteiger partial charge is 0.250 e. The Bertz CT molecular complexity index is 466. The number of carbonyl (C=O) groups excluding carboxylic acids is 2. The molecule has 0 bridgehead atoms. The van der Waals surface area contributed by atoms with Crippen molar-refractivity contribution in [3.8, 4) is 0 Å². The van der Waals surface area contributed by atoms with E-state index in [1.807, 2.05) is 13.8 Å². The fourth-order valence-corrected chi connectivity index (χ4v) is 2.04. The average molecular weight is 236 g/mol. The Balaban J connectivity index is 2.33. The number of piperazine rings is 1. The zero-order valence-corrected chi connectivity index (χ0v) is 10.2. The third-order valence-corrected chi connectivity index (χ3v) is 2.89.